The first kappa shape index (κ1) is 22.0. The molecule has 1 heterocycles. The number of esters is 1. The number of carbonyl (C=O) groups excluding carboxylic acids is 2. The molecule has 0 radical (unpaired) electrons. The van der Waals surface area contributed by atoms with Gasteiger partial charge in [0.15, 0.2) is 0 Å². The van der Waals surface area contributed by atoms with Crippen molar-refractivity contribution in [3.63, 3.8) is 0 Å². The minimum atomic E-state index is -0.396. The summed E-state index contributed by atoms with van der Waals surface area (Å²) in [7, 11) is 0. The Morgan fingerprint density at radius 2 is 1.82 bits per heavy atom. The fraction of sp³-hybridized carbons (Fsp3) is 0.455. The van der Waals surface area contributed by atoms with Gasteiger partial charge in [-0.05, 0) is 56.4 Å². The number of nitrogens with one attached hydrogen (secondary N) is 1. The van der Waals surface area contributed by atoms with Crippen LogP contribution in [0.5, 0.6) is 5.75 Å². The molecule has 0 unspecified atom stereocenters. The maximum absolute atomic E-state index is 12.3. The molecule has 1 aromatic carbocycles. The van der Waals surface area contributed by atoms with E-state index in [4.69, 9.17) is 9.47 Å². The molecule has 1 N–H and O–H groups in total. The largest absolute Gasteiger partial charge is 0.494 e. The number of anilines is 1. The number of benzene rings is 1. The number of hydrogen-bond donors (Lipinski definition) is 1. The zero-order chi connectivity index (χ0) is 20.7. The Hall–Kier alpha value is -2.34. The number of thiophene rings is 1. The molecule has 0 aliphatic rings. The van der Waals surface area contributed by atoms with Crippen molar-refractivity contribution < 1.29 is 19.1 Å². The van der Waals surface area contributed by atoms with Crippen LogP contribution in [-0.4, -0.2) is 25.1 Å². The third-order valence-electron chi connectivity index (χ3n) is 4.48. The lowest BCUT2D eigenvalue weighted by Gasteiger charge is -2.09. The SMILES string of the molecule is CCOC(=O)c1c(NC(=O)CCCOc2ccc(C(C)C)cc2)sc(C)c1C. The molecule has 0 aliphatic carbocycles. The molecule has 0 fully saturated rings. The van der Waals surface area contributed by atoms with Crippen molar-refractivity contribution in [2.75, 3.05) is 18.5 Å². The molecule has 0 saturated carbocycles. The van der Waals surface area contributed by atoms with Crippen molar-refractivity contribution >= 4 is 28.2 Å². The van der Waals surface area contributed by atoms with Crippen LogP contribution in [0.25, 0.3) is 0 Å². The van der Waals surface area contributed by atoms with Crippen LogP contribution in [0.15, 0.2) is 24.3 Å². The lowest BCUT2D eigenvalue weighted by atomic mass is 10.0. The van der Waals surface area contributed by atoms with Crippen LogP contribution in [0.1, 0.15) is 65.9 Å². The minimum absolute atomic E-state index is 0.134. The van der Waals surface area contributed by atoms with Gasteiger partial charge < -0.3 is 14.8 Å². The Morgan fingerprint density at radius 1 is 1.14 bits per heavy atom. The van der Waals surface area contributed by atoms with E-state index in [0.717, 1.165) is 16.2 Å². The standard InChI is InChI=1S/C22H29NO4S/c1-6-26-22(25)20-15(4)16(5)28-21(20)23-19(24)8-7-13-27-18-11-9-17(10-12-18)14(2)3/h9-12,14H,6-8,13H2,1-5H3,(H,23,24). The lowest BCUT2D eigenvalue weighted by molar-refractivity contribution is -0.116. The van der Waals surface area contributed by atoms with E-state index in [9.17, 15) is 9.59 Å². The second kappa shape index (κ2) is 10.3. The molecular weight excluding hydrogens is 374 g/mol. The van der Waals surface area contributed by atoms with Crippen LogP contribution in [-0.2, 0) is 9.53 Å². The zero-order valence-corrected chi connectivity index (χ0v) is 18.1. The van der Waals surface area contributed by atoms with E-state index in [0.29, 0.717) is 42.5 Å². The first-order valence-corrected chi connectivity index (χ1v) is 10.4. The first-order valence-electron chi connectivity index (χ1n) is 9.63. The van der Waals surface area contributed by atoms with Gasteiger partial charge in [-0.1, -0.05) is 26.0 Å². The van der Waals surface area contributed by atoms with Gasteiger partial charge in [-0.2, -0.15) is 0 Å². The highest BCUT2D eigenvalue weighted by Gasteiger charge is 2.21. The predicted octanol–water partition coefficient (Wildman–Crippen LogP) is 5.46. The van der Waals surface area contributed by atoms with E-state index in [-0.39, 0.29) is 5.91 Å². The van der Waals surface area contributed by atoms with Gasteiger partial charge in [0.25, 0.3) is 0 Å². The van der Waals surface area contributed by atoms with E-state index < -0.39 is 5.97 Å². The van der Waals surface area contributed by atoms with Crippen LogP contribution >= 0.6 is 11.3 Å². The van der Waals surface area contributed by atoms with E-state index >= 15 is 0 Å². The maximum atomic E-state index is 12.3. The molecule has 0 aliphatic heterocycles. The lowest BCUT2D eigenvalue weighted by Crippen LogP contribution is -2.15. The van der Waals surface area contributed by atoms with Gasteiger partial charge in [-0.3, -0.25) is 4.79 Å². The van der Waals surface area contributed by atoms with Crippen molar-refractivity contribution in [3.8, 4) is 5.75 Å². The van der Waals surface area contributed by atoms with E-state index in [1.54, 1.807) is 6.92 Å². The highest BCUT2D eigenvalue weighted by atomic mass is 32.1. The third kappa shape index (κ3) is 5.83. The molecule has 0 atom stereocenters. The van der Waals surface area contributed by atoms with Crippen LogP contribution in [0.3, 0.4) is 0 Å². The summed E-state index contributed by atoms with van der Waals surface area (Å²) in [4.78, 5) is 25.5. The zero-order valence-electron chi connectivity index (χ0n) is 17.3. The molecule has 6 heteroatoms. The van der Waals surface area contributed by atoms with Crippen LogP contribution in [0.4, 0.5) is 5.00 Å². The van der Waals surface area contributed by atoms with Crippen molar-refractivity contribution in [1.29, 1.82) is 0 Å². The van der Waals surface area contributed by atoms with Gasteiger partial charge in [0.1, 0.15) is 10.8 Å². The maximum Gasteiger partial charge on any atom is 0.341 e. The Labute approximate surface area is 171 Å². The second-order valence-corrected chi connectivity index (χ2v) is 8.16. The van der Waals surface area contributed by atoms with Crippen molar-refractivity contribution in [1.82, 2.24) is 0 Å². The molecule has 5 nitrogen and oxygen atoms in total. The van der Waals surface area contributed by atoms with Gasteiger partial charge in [-0.25, -0.2) is 4.79 Å². The van der Waals surface area contributed by atoms with E-state index in [2.05, 4.69) is 31.3 Å². The molecule has 0 bridgehead atoms. The summed E-state index contributed by atoms with van der Waals surface area (Å²) in [5.41, 5.74) is 2.58. The topological polar surface area (TPSA) is 64.6 Å². The van der Waals surface area contributed by atoms with Gasteiger partial charge in [0, 0.05) is 11.3 Å². The molecule has 152 valence electrons. The Bertz CT molecular complexity index is 809. The Morgan fingerprint density at radius 3 is 2.43 bits per heavy atom. The summed E-state index contributed by atoms with van der Waals surface area (Å²) < 4.78 is 10.8. The molecule has 0 saturated heterocycles. The van der Waals surface area contributed by atoms with Crippen LogP contribution < -0.4 is 10.1 Å². The molecule has 1 aromatic heterocycles. The molecule has 1 amide bonds. The molecule has 28 heavy (non-hydrogen) atoms. The van der Waals surface area contributed by atoms with Gasteiger partial charge in [-0.15, -0.1) is 11.3 Å². The normalized spacial score (nSPS) is 10.8. The minimum Gasteiger partial charge on any atom is -0.494 e. The number of aryl methyl sites for hydroxylation is 1. The fourth-order valence-corrected chi connectivity index (χ4v) is 3.79. The van der Waals surface area contributed by atoms with Crippen LogP contribution in [0, 0.1) is 13.8 Å². The number of ether oxygens (including phenoxy) is 2. The number of carbonyl (C=O) groups is 2. The fourth-order valence-electron chi connectivity index (χ4n) is 2.72. The summed E-state index contributed by atoms with van der Waals surface area (Å²) in [5, 5.41) is 3.41. The summed E-state index contributed by atoms with van der Waals surface area (Å²) in [5.74, 6) is 0.763. The summed E-state index contributed by atoms with van der Waals surface area (Å²) in [6, 6.07) is 8.03. The molecule has 2 rings (SSSR count). The third-order valence-corrected chi connectivity index (χ3v) is 5.60. The quantitative estimate of drug-likeness (QED) is 0.446. The highest BCUT2D eigenvalue weighted by Crippen LogP contribution is 2.33. The van der Waals surface area contributed by atoms with Gasteiger partial charge >= 0.3 is 5.97 Å². The Kier molecular flexibility index (Phi) is 8.05. The average molecular weight is 404 g/mol. The average Bonchev–Trinajstić information content (AvgIpc) is 2.93. The van der Waals surface area contributed by atoms with Crippen molar-refractivity contribution in [2.45, 2.75) is 53.4 Å². The summed E-state index contributed by atoms with van der Waals surface area (Å²) in [6.45, 7) is 10.6. The first-order chi connectivity index (χ1) is 13.3. The number of rotatable bonds is 9. The highest BCUT2D eigenvalue weighted by molar-refractivity contribution is 7.16. The molecule has 2 aromatic rings. The van der Waals surface area contributed by atoms with E-state index in [1.165, 1.54) is 16.9 Å². The summed E-state index contributed by atoms with van der Waals surface area (Å²) in [6.07, 6.45) is 0.915. The number of amides is 1. The number of hydrogen-bond acceptors (Lipinski definition) is 5. The Balaban J connectivity index is 1.84. The van der Waals surface area contributed by atoms with Gasteiger partial charge in [0.05, 0.1) is 18.8 Å². The van der Waals surface area contributed by atoms with Crippen molar-refractivity contribution in [3.05, 3.63) is 45.8 Å². The summed E-state index contributed by atoms with van der Waals surface area (Å²) >= 11 is 1.40. The molecule has 0 spiro atoms. The molecular formula is C22H29NO4S. The second-order valence-electron chi connectivity index (χ2n) is 6.93. The van der Waals surface area contributed by atoms with Gasteiger partial charge in [0.2, 0.25) is 5.91 Å². The van der Waals surface area contributed by atoms with Crippen LogP contribution in [0.2, 0.25) is 0 Å². The predicted molar refractivity (Wildman–Crippen MR) is 114 cm³/mol. The van der Waals surface area contributed by atoms with Crippen molar-refractivity contribution in [2.24, 2.45) is 0 Å². The van der Waals surface area contributed by atoms with E-state index in [1.807, 2.05) is 26.0 Å². The monoisotopic (exact) mass is 403 g/mol. The smallest absolute Gasteiger partial charge is 0.341 e.